The van der Waals surface area contributed by atoms with Gasteiger partial charge in [0.1, 0.15) is 5.69 Å². The second-order valence-electron chi connectivity index (χ2n) is 4.28. The number of nitrogens with zero attached hydrogens (tertiary/aromatic N) is 3. The Morgan fingerprint density at radius 2 is 2.00 bits per heavy atom. The summed E-state index contributed by atoms with van der Waals surface area (Å²) >= 11 is 0. The van der Waals surface area contributed by atoms with Gasteiger partial charge in [0.05, 0.1) is 6.20 Å². The van der Waals surface area contributed by atoms with Gasteiger partial charge < -0.3 is 5.11 Å². The number of benzene rings is 1. The molecule has 0 aliphatic carbocycles. The Balaban J connectivity index is 2.35. The normalized spacial score (nSPS) is 10.8. The number of aromatic nitrogens is 3. The highest BCUT2D eigenvalue weighted by Crippen LogP contribution is 2.23. The lowest BCUT2D eigenvalue weighted by molar-refractivity contribution is 0.0689. The molecule has 1 N–H and O–H groups in total. The first-order chi connectivity index (χ1) is 9.16. The van der Waals surface area contributed by atoms with Crippen LogP contribution in [-0.2, 0) is 0 Å². The fraction of sp³-hybridized carbons (Fsp3) is 0.0714. The quantitative estimate of drug-likeness (QED) is 0.761. The maximum absolute atomic E-state index is 11.5. The number of fused-ring (bicyclic) bond motifs is 1. The fourth-order valence-corrected chi connectivity index (χ4v) is 2.02. The van der Waals surface area contributed by atoms with Crippen molar-refractivity contribution >= 4 is 11.6 Å². The highest BCUT2D eigenvalue weighted by Gasteiger charge is 2.20. The van der Waals surface area contributed by atoms with E-state index >= 15 is 0 Å². The first-order valence-electron chi connectivity index (χ1n) is 5.81. The van der Waals surface area contributed by atoms with E-state index in [-0.39, 0.29) is 5.69 Å². The van der Waals surface area contributed by atoms with Gasteiger partial charge >= 0.3 is 5.97 Å². The smallest absolute Gasteiger partial charge is 0.356 e. The van der Waals surface area contributed by atoms with Gasteiger partial charge in [-0.05, 0) is 18.6 Å². The number of carboxylic acids is 1. The number of hydrogen-bond acceptors (Lipinski definition) is 3. The number of carboxylic acid groups (broad SMARTS) is 1. The molecule has 1 aromatic carbocycles. The van der Waals surface area contributed by atoms with E-state index in [1.165, 1.54) is 4.52 Å². The minimum absolute atomic E-state index is 0.0844. The van der Waals surface area contributed by atoms with Crippen molar-refractivity contribution in [2.45, 2.75) is 6.92 Å². The summed E-state index contributed by atoms with van der Waals surface area (Å²) < 4.78 is 1.36. The molecule has 3 aromatic rings. The molecule has 5 heteroatoms. The highest BCUT2D eigenvalue weighted by molar-refractivity contribution is 5.94. The number of rotatable bonds is 2. The van der Waals surface area contributed by atoms with Crippen LogP contribution < -0.4 is 0 Å². The van der Waals surface area contributed by atoms with Crippen molar-refractivity contribution in [1.29, 1.82) is 0 Å². The van der Waals surface area contributed by atoms with Gasteiger partial charge in [0.25, 0.3) is 0 Å². The van der Waals surface area contributed by atoms with Gasteiger partial charge in [0, 0.05) is 5.56 Å². The molecule has 3 rings (SSSR count). The molecule has 0 aliphatic heterocycles. The van der Waals surface area contributed by atoms with Gasteiger partial charge in [-0.2, -0.15) is 5.10 Å². The maximum atomic E-state index is 11.5. The van der Waals surface area contributed by atoms with Gasteiger partial charge in [-0.3, -0.25) is 0 Å². The molecule has 2 aromatic heterocycles. The summed E-state index contributed by atoms with van der Waals surface area (Å²) in [6, 6.07) is 11.1. The zero-order chi connectivity index (χ0) is 13.4. The molecule has 0 saturated carbocycles. The highest BCUT2D eigenvalue weighted by atomic mass is 16.4. The topological polar surface area (TPSA) is 67.5 Å². The number of carbonyl (C=O) groups is 1. The zero-order valence-electron chi connectivity index (χ0n) is 10.2. The predicted molar refractivity (Wildman–Crippen MR) is 70.1 cm³/mol. The molecule has 0 amide bonds. The molecule has 0 aliphatic rings. The molecule has 5 nitrogen and oxygen atoms in total. The van der Waals surface area contributed by atoms with Crippen molar-refractivity contribution in [3.8, 4) is 11.3 Å². The van der Waals surface area contributed by atoms with Crippen molar-refractivity contribution in [3.63, 3.8) is 0 Å². The summed E-state index contributed by atoms with van der Waals surface area (Å²) in [7, 11) is 0. The molecule has 94 valence electrons. The molecular weight excluding hydrogens is 242 g/mol. The lowest BCUT2D eigenvalue weighted by atomic mass is 10.1. The largest absolute Gasteiger partial charge is 0.476 e. The van der Waals surface area contributed by atoms with Crippen LogP contribution in [0, 0.1) is 6.92 Å². The van der Waals surface area contributed by atoms with E-state index in [0.717, 1.165) is 11.1 Å². The second kappa shape index (κ2) is 4.20. The van der Waals surface area contributed by atoms with Gasteiger partial charge in [0.2, 0.25) is 0 Å². The van der Waals surface area contributed by atoms with Gasteiger partial charge in [0.15, 0.2) is 11.3 Å². The minimum atomic E-state index is -1.04. The van der Waals surface area contributed by atoms with Crippen LogP contribution in [0.15, 0.2) is 42.6 Å². The number of aromatic carboxylic acids is 1. The Hall–Kier alpha value is -2.69. The molecule has 0 bridgehead atoms. The Bertz CT molecular complexity index is 763. The van der Waals surface area contributed by atoms with Gasteiger partial charge in [-0.25, -0.2) is 14.3 Å². The van der Waals surface area contributed by atoms with E-state index in [1.807, 2.05) is 43.3 Å². The Kier molecular flexibility index (Phi) is 2.52. The minimum Gasteiger partial charge on any atom is -0.476 e. The molecule has 2 heterocycles. The Morgan fingerprint density at radius 3 is 2.68 bits per heavy atom. The van der Waals surface area contributed by atoms with Gasteiger partial charge in [-0.1, -0.05) is 30.3 Å². The molecule has 0 spiro atoms. The first-order valence-corrected chi connectivity index (χ1v) is 5.81. The first kappa shape index (κ1) is 11.4. The molecule has 0 atom stereocenters. The van der Waals surface area contributed by atoms with Crippen LogP contribution in [-0.4, -0.2) is 25.7 Å². The van der Waals surface area contributed by atoms with E-state index in [9.17, 15) is 9.90 Å². The number of imidazole rings is 1. The SMILES string of the molecule is Cc1cnn2c(C(=O)O)c(-c3ccccc3)nc2c1. The lowest BCUT2D eigenvalue weighted by Gasteiger charge is -1.99. The number of hydrogen-bond donors (Lipinski definition) is 1. The van der Waals surface area contributed by atoms with Gasteiger partial charge in [-0.15, -0.1) is 0 Å². The zero-order valence-corrected chi connectivity index (χ0v) is 10.2. The van der Waals surface area contributed by atoms with Crippen molar-refractivity contribution in [2.75, 3.05) is 0 Å². The van der Waals surface area contributed by atoms with E-state index < -0.39 is 5.97 Å². The third kappa shape index (κ3) is 1.85. The van der Waals surface area contributed by atoms with Crippen LogP contribution in [0.2, 0.25) is 0 Å². The average molecular weight is 253 g/mol. The van der Waals surface area contributed by atoms with Crippen LogP contribution in [0.4, 0.5) is 0 Å². The van der Waals surface area contributed by atoms with Crippen molar-refractivity contribution in [1.82, 2.24) is 14.6 Å². The molecule has 19 heavy (non-hydrogen) atoms. The molecule has 0 saturated heterocycles. The summed E-state index contributed by atoms with van der Waals surface area (Å²) in [5.41, 5.74) is 2.76. The van der Waals surface area contributed by atoms with Crippen LogP contribution in [0.25, 0.3) is 16.9 Å². The van der Waals surface area contributed by atoms with Crippen molar-refractivity contribution in [3.05, 3.63) is 53.9 Å². The van der Waals surface area contributed by atoms with Crippen LogP contribution in [0.5, 0.6) is 0 Å². The summed E-state index contributed by atoms with van der Waals surface area (Å²) in [6.45, 7) is 1.89. The average Bonchev–Trinajstić information content (AvgIpc) is 2.78. The summed E-state index contributed by atoms with van der Waals surface area (Å²) in [6.07, 6.45) is 1.62. The van der Waals surface area contributed by atoms with E-state index in [4.69, 9.17) is 0 Å². The molecule has 0 radical (unpaired) electrons. The molecule has 0 unspecified atom stereocenters. The Morgan fingerprint density at radius 1 is 1.26 bits per heavy atom. The van der Waals surface area contributed by atoms with Crippen molar-refractivity contribution < 1.29 is 9.90 Å². The predicted octanol–water partition coefficient (Wildman–Crippen LogP) is 2.40. The molecular formula is C14H11N3O2. The maximum Gasteiger partial charge on any atom is 0.356 e. The van der Waals surface area contributed by atoms with Crippen LogP contribution >= 0.6 is 0 Å². The third-order valence-electron chi connectivity index (χ3n) is 2.86. The van der Waals surface area contributed by atoms with E-state index in [1.54, 1.807) is 6.20 Å². The summed E-state index contributed by atoms with van der Waals surface area (Å²) in [5, 5.41) is 13.5. The van der Waals surface area contributed by atoms with Crippen LogP contribution in [0.1, 0.15) is 16.1 Å². The monoisotopic (exact) mass is 253 g/mol. The second-order valence-corrected chi connectivity index (χ2v) is 4.28. The summed E-state index contributed by atoms with van der Waals surface area (Å²) in [5.74, 6) is -1.04. The standard InChI is InChI=1S/C14H11N3O2/c1-9-7-11-16-12(10-5-3-2-4-6-10)13(14(18)19)17(11)15-8-9/h2-8H,1H3,(H,18,19). The fourth-order valence-electron chi connectivity index (χ4n) is 2.02. The van der Waals surface area contributed by atoms with Crippen molar-refractivity contribution in [2.24, 2.45) is 0 Å². The Labute approximate surface area is 109 Å². The molecule has 0 fully saturated rings. The van der Waals surface area contributed by atoms with Crippen LogP contribution in [0.3, 0.4) is 0 Å². The van der Waals surface area contributed by atoms with E-state index in [2.05, 4.69) is 10.1 Å². The lowest BCUT2D eigenvalue weighted by Crippen LogP contribution is -2.05. The number of aryl methyl sites for hydroxylation is 1. The summed E-state index contributed by atoms with van der Waals surface area (Å²) in [4.78, 5) is 15.8. The third-order valence-corrected chi connectivity index (χ3v) is 2.86. The van der Waals surface area contributed by atoms with E-state index in [0.29, 0.717) is 11.3 Å².